The molecule has 1 atom stereocenters. The summed E-state index contributed by atoms with van der Waals surface area (Å²) in [5.74, 6) is 0.741. The summed E-state index contributed by atoms with van der Waals surface area (Å²) >= 11 is 0. The molecular formula is C11H25N. The van der Waals surface area contributed by atoms with Gasteiger partial charge in [0.25, 0.3) is 0 Å². The highest BCUT2D eigenvalue weighted by Gasteiger charge is 2.19. The molecule has 1 heteroatoms. The summed E-state index contributed by atoms with van der Waals surface area (Å²) in [6.45, 7) is 10.0. The first-order valence-corrected chi connectivity index (χ1v) is 5.25. The van der Waals surface area contributed by atoms with Crippen LogP contribution < -0.4 is 5.73 Å². The van der Waals surface area contributed by atoms with Crippen LogP contribution in [0.4, 0.5) is 0 Å². The lowest BCUT2D eigenvalue weighted by Gasteiger charge is -2.27. The molecule has 0 bridgehead atoms. The normalized spacial score (nSPS) is 14.8. The number of hydrogen-bond donors (Lipinski definition) is 1. The van der Waals surface area contributed by atoms with E-state index < -0.39 is 0 Å². The van der Waals surface area contributed by atoms with Crippen LogP contribution in [0.5, 0.6) is 0 Å². The maximum Gasteiger partial charge on any atom is -0.00487 e. The van der Waals surface area contributed by atoms with Crippen LogP contribution in [-0.2, 0) is 0 Å². The van der Waals surface area contributed by atoms with Gasteiger partial charge in [-0.3, -0.25) is 0 Å². The third kappa shape index (κ3) is 4.76. The molecule has 0 saturated carbocycles. The van der Waals surface area contributed by atoms with E-state index in [0.29, 0.717) is 5.41 Å². The number of nitrogens with two attached hydrogens (primary N) is 1. The quantitative estimate of drug-likeness (QED) is 0.652. The second-order valence-electron chi connectivity index (χ2n) is 4.61. The number of rotatable bonds is 6. The lowest BCUT2D eigenvalue weighted by molar-refractivity contribution is 0.250. The van der Waals surface area contributed by atoms with Crippen molar-refractivity contribution in [1.82, 2.24) is 0 Å². The highest BCUT2D eigenvalue weighted by Crippen LogP contribution is 2.30. The zero-order valence-corrected chi connectivity index (χ0v) is 9.19. The Bertz CT molecular complexity index is 108. The lowest BCUT2D eigenvalue weighted by atomic mass is 9.79. The highest BCUT2D eigenvalue weighted by atomic mass is 14.5. The van der Waals surface area contributed by atoms with Gasteiger partial charge in [-0.05, 0) is 30.7 Å². The summed E-state index contributed by atoms with van der Waals surface area (Å²) in [4.78, 5) is 0. The summed E-state index contributed by atoms with van der Waals surface area (Å²) in [6, 6.07) is 0. The van der Waals surface area contributed by atoms with Gasteiger partial charge in [0.05, 0.1) is 0 Å². The second-order valence-corrected chi connectivity index (χ2v) is 4.61. The highest BCUT2D eigenvalue weighted by molar-refractivity contribution is 4.72. The van der Waals surface area contributed by atoms with Crippen LogP contribution in [0, 0.1) is 11.3 Å². The maximum atomic E-state index is 5.72. The van der Waals surface area contributed by atoms with Crippen molar-refractivity contribution in [1.29, 1.82) is 0 Å². The van der Waals surface area contributed by atoms with Gasteiger partial charge in [-0.25, -0.2) is 0 Å². The monoisotopic (exact) mass is 171 g/mol. The summed E-state index contributed by atoms with van der Waals surface area (Å²) < 4.78 is 0. The van der Waals surface area contributed by atoms with Crippen molar-refractivity contribution in [2.75, 3.05) is 6.54 Å². The van der Waals surface area contributed by atoms with Crippen LogP contribution in [0.2, 0.25) is 0 Å². The van der Waals surface area contributed by atoms with Gasteiger partial charge in [-0.15, -0.1) is 0 Å². The first-order chi connectivity index (χ1) is 5.55. The van der Waals surface area contributed by atoms with Gasteiger partial charge in [0, 0.05) is 0 Å². The van der Waals surface area contributed by atoms with Crippen molar-refractivity contribution < 1.29 is 0 Å². The molecule has 0 aliphatic rings. The van der Waals surface area contributed by atoms with Gasteiger partial charge >= 0.3 is 0 Å². The average molecular weight is 171 g/mol. The van der Waals surface area contributed by atoms with E-state index in [0.717, 1.165) is 12.5 Å². The molecule has 2 N–H and O–H groups in total. The maximum absolute atomic E-state index is 5.72. The fourth-order valence-corrected chi connectivity index (χ4v) is 1.64. The zero-order chi connectivity index (χ0) is 9.61. The van der Waals surface area contributed by atoms with Gasteiger partial charge in [0.1, 0.15) is 0 Å². The summed E-state index contributed by atoms with van der Waals surface area (Å²) in [5, 5.41) is 0. The SMILES string of the molecule is CCCC(CN)CC(C)(C)CC. The Morgan fingerprint density at radius 2 is 1.83 bits per heavy atom. The molecule has 0 aliphatic heterocycles. The van der Waals surface area contributed by atoms with Crippen LogP contribution >= 0.6 is 0 Å². The predicted octanol–water partition coefficient (Wildman–Crippen LogP) is 3.19. The van der Waals surface area contributed by atoms with Gasteiger partial charge in [0.2, 0.25) is 0 Å². The summed E-state index contributed by atoms with van der Waals surface area (Å²) in [6.07, 6.45) is 5.10. The Morgan fingerprint density at radius 1 is 1.25 bits per heavy atom. The molecule has 0 aromatic rings. The van der Waals surface area contributed by atoms with E-state index in [-0.39, 0.29) is 0 Å². The molecule has 0 rings (SSSR count). The first-order valence-electron chi connectivity index (χ1n) is 5.25. The molecule has 0 heterocycles. The predicted molar refractivity (Wildman–Crippen MR) is 56.1 cm³/mol. The topological polar surface area (TPSA) is 26.0 Å². The molecule has 0 radical (unpaired) electrons. The summed E-state index contributed by atoms with van der Waals surface area (Å²) in [7, 11) is 0. The average Bonchev–Trinajstić information content (AvgIpc) is 2.03. The fraction of sp³-hybridized carbons (Fsp3) is 1.00. The van der Waals surface area contributed by atoms with Gasteiger partial charge < -0.3 is 5.73 Å². The zero-order valence-electron chi connectivity index (χ0n) is 9.19. The van der Waals surface area contributed by atoms with Crippen molar-refractivity contribution in [2.24, 2.45) is 17.1 Å². The Morgan fingerprint density at radius 3 is 2.17 bits per heavy atom. The molecule has 1 nitrogen and oxygen atoms in total. The van der Waals surface area contributed by atoms with Gasteiger partial charge in [0.15, 0.2) is 0 Å². The van der Waals surface area contributed by atoms with Crippen molar-refractivity contribution in [2.45, 2.75) is 53.4 Å². The minimum Gasteiger partial charge on any atom is -0.330 e. The molecule has 0 aromatic carbocycles. The molecule has 0 amide bonds. The minimum absolute atomic E-state index is 0.485. The van der Waals surface area contributed by atoms with Gasteiger partial charge in [-0.1, -0.05) is 40.5 Å². The van der Waals surface area contributed by atoms with Crippen LogP contribution in [-0.4, -0.2) is 6.54 Å². The molecule has 0 fully saturated rings. The standard InChI is InChI=1S/C11H25N/c1-5-7-10(9-12)8-11(3,4)6-2/h10H,5-9,12H2,1-4H3. The van der Waals surface area contributed by atoms with E-state index in [9.17, 15) is 0 Å². The van der Waals surface area contributed by atoms with Crippen LogP contribution in [0.15, 0.2) is 0 Å². The minimum atomic E-state index is 0.485. The van der Waals surface area contributed by atoms with E-state index in [1.807, 2.05) is 0 Å². The molecule has 0 aliphatic carbocycles. The number of hydrogen-bond acceptors (Lipinski definition) is 1. The first kappa shape index (κ1) is 12.0. The largest absolute Gasteiger partial charge is 0.330 e. The molecule has 1 unspecified atom stereocenters. The Kier molecular flexibility index (Phi) is 5.56. The summed E-state index contributed by atoms with van der Waals surface area (Å²) in [5.41, 5.74) is 6.21. The van der Waals surface area contributed by atoms with Crippen LogP contribution in [0.1, 0.15) is 53.4 Å². The molecule has 0 aromatic heterocycles. The van der Waals surface area contributed by atoms with E-state index in [2.05, 4.69) is 27.7 Å². The van der Waals surface area contributed by atoms with Crippen molar-refractivity contribution in [3.8, 4) is 0 Å². The van der Waals surface area contributed by atoms with Crippen LogP contribution in [0.3, 0.4) is 0 Å². The Labute approximate surface area is 77.7 Å². The van der Waals surface area contributed by atoms with Crippen LogP contribution in [0.25, 0.3) is 0 Å². The van der Waals surface area contributed by atoms with Crippen molar-refractivity contribution >= 4 is 0 Å². The van der Waals surface area contributed by atoms with Crippen molar-refractivity contribution in [3.63, 3.8) is 0 Å². The molecule has 12 heavy (non-hydrogen) atoms. The van der Waals surface area contributed by atoms with E-state index in [1.165, 1.54) is 25.7 Å². The van der Waals surface area contributed by atoms with Crippen molar-refractivity contribution in [3.05, 3.63) is 0 Å². The Balaban J connectivity index is 3.83. The molecule has 0 spiro atoms. The fourth-order valence-electron chi connectivity index (χ4n) is 1.64. The van der Waals surface area contributed by atoms with E-state index >= 15 is 0 Å². The Hall–Kier alpha value is -0.0400. The van der Waals surface area contributed by atoms with E-state index in [1.54, 1.807) is 0 Å². The third-order valence-electron chi connectivity index (χ3n) is 2.83. The molecule has 0 saturated heterocycles. The molecule has 74 valence electrons. The van der Waals surface area contributed by atoms with E-state index in [4.69, 9.17) is 5.73 Å². The molecular weight excluding hydrogens is 146 g/mol. The lowest BCUT2D eigenvalue weighted by Crippen LogP contribution is -2.22. The second kappa shape index (κ2) is 5.58. The van der Waals surface area contributed by atoms with Gasteiger partial charge in [-0.2, -0.15) is 0 Å². The smallest absolute Gasteiger partial charge is 0.00487 e. The third-order valence-corrected chi connectivity index (χ3v) is 2.83.